The molecule has 1 aromatic carbocycles. The maximum absolute atomic E-state index is 11.2. The molecule has 0 saturated carbocycles. The summed E-state index contributed by atoms with van der Waals surface area (Å²) in [6.07, 6.45) is 0. The first-order chi connectivity index (χ1) is 7.18. The molecular formula is C12H14O3. The minimum absolute atomic E-state index is 0.129. The molecular weight excluding hydrogens is 192 g/mol. The number of carboxylic acid groups (broad SMARTS) is 1. The number of ether oxygens (including phenoxy) is 1. The van der Waals surface area contributed by atoms with Crippen LogP contribution in [-0.4, -0.2) is 24.3 Å². The average molecular weight is 206 g/mol. The number of carboxylic acids is 1. The smallest absolute Gasteiger partial charge is 0.311 e. The molecule has 0 spiro atoms. The van der Waals surface area contributed by atoms with Crippen LogP contribution in [0, 0.1) is 12.8 Å². The number of aryl methyl sites for hydroxylation is 1. The van der Waals surface area contributed by atoms with Gasteiger partial charge in [0.15, 0.2) is 0 Å². The fourth-order valence-corrected chi connectivity index (χ4v) is 1.93. The summed E-state index contributed by atoms with van der Waals surface area (Å²) in [4.78, 5) is 11.2. The highest BCUT2D eigenvalue weighted by Gasteiger charge is 2.34. The lowest BCUT2D eigenvalue weighted by Gasteiger charge is -2.31. The lowest BCUT2D eigenvalue weighted by Crippen LogP contribution is -2.36. The SMILES string of the molecule is Cc1cccc(C(C(=O)O)C2COC2)c1. The van der Waals surface area contributed by atoms with Gasteiger partial charge in [0.1, 0.15) is 0 Å². The first kappa shape index (κ1) is 10.2. The molecule has 0 aromatic heterocycles. The van der Waals surface area contributed by atoms with Gasteiger partial charge in [0.05, 0.1) is 19.1 Å². The van der Waals surface area contributed by atoms with Crippen LogP contribution in [-0.2, 0) is 9.53 Å². The summed E-state index contributed by atoms with van der Waals surface area (Å²) in [5.41, 5.74) is 1.98. The molecule has 0 aliphatic carbocycles. The van der Waals surface area contributed by atoms with E-state index in [0.29, 0.717) is 13.2 Å². The van der Waals surface area contributed by atoms with Crippen molar-refractivity contribution in [2.75, 3.05) is 13.2 Å². The van der Waals surface area contributed by atoms with E-state index in [1.165, 1.54) is 0 Å². The molecule has 80 valence electrons. The van der Waals surface area contributed by atoms with Crippen molar-refractivity contribution in [3.63, 3.8) is 0 Å². The largest absolute Gasteiger partial charge is 0.481 e. The molecule has 0 radical (unpaired) electrons. The van der Waals surface area contributed by atoms with Crippen molar-refractivity contribution in [3.05, 3.63) is 35.4 Å². The second-order valence-electron chi connectivity index (χ2n) is 4.03. The minimum atomic E-state index is -0.756. The van der Waals surface area contributed by atoms with E-state index in [1.807, 2.05) is 31.2 Å². The zero-order chi connectivity index (χ0) is 10.8. The Morgan fingerprint density at radius 1 is 1.53 bits per heavy atom. The van der Waals surface area contributed by atoms with E-state index in [2.05, 4.69) is 0 Å². The summed E-state index contributed by atoms with van der Waals surface area (Å²) in [5, 5.41) is 9.20. The van der Waals surface area contributed by atoms with Gasteiger partial charge in [-0.2, -0.15) is 0 Å². The van der Waals surface area contributed by atoms with Gasteiger partial charge in [0.2, 0.25) is 0 Å². The summed E-state index contributed by atoms with van der Waals surface area (Å²) < 4.78 is 5.05. The molecule has 1 fully saturated rings. The van der Waals surface area contributed by atoms with Crippen LogP contribution in [0.1, 0.15) is 17.0 Å². The molecule has 0 bridgehead atoms. The molecule has 1 aromatic rings. The van der Waals surface area contributed by atoms with Gasteiger partial charge in [-0.05, 0) is 12.5 Å². The molecule has 3 nitrogen and oxygen atoms in total. The topological polar surface area (TPSA) is 46.5 Å². The lowest BCUT2D eigenvalue weighted by molar-refractivity contribution is -0.146. The minimum Gasteiger partial charge on any atom is -0.481 e. The van der Waals surface area contributed by atoms with Crippen molar-refractivity contribution in [2.45, 2.75) is 12.8 Å². The molecule has 1 saturated heterocycles. The summed E-state index contributed by atoms with van der Waals surface area (Å²) in [6, 6.07) is 7.70. The zero-order valence-corrected chi connectivity index (χ0v) is 8.64. The molecule has 3 heteroatoms. The molecule has 1 atom stereocenters. The molecule has 1 N–H and O–H groups in total. The monoisotopic (exact) mass is 206 g/mol. The van der Waals surface area contributed by atoms with Crippen molar-refractivity contribution < 1.29 is 14.6 Å². The summed E-state index contributed by atoms with van der Waals surface area (Å²) >= 11 is 0. The van der Waals surface area contributed by atoms with Gasteiger partial charge in [-0.3, -0.25) is 4.79 Å². The Morgan fingerprint density at radius 3 is 2.73 bits per heavy atom. The lowest BCUT2D eigenvalue weighted by atomic mass is 9.84. The second-order valence-corrected chi connectivity index (χ2v) is 4.03. The van der Waals surface area contributed by atoms with Crippen LogP contribution in [0.5, 0.6) is 0 Å². The Morgan fingerprint density at radius 2 is 2.27 bits per heavy atom. The van der Waals surface area contributed by atoms with Gasteiger partial charge in [0.25, 0.3) is 0 Å². The van der Waals surface area contributed by atoms with Crippen molar-refractivity contribution in [1.82, 2.24) is 0 Å². The van der Waals surface area contributed by atoms with E-state index in [1.54, 1.807) is 0 Å². The number of hydrogen-bond acceptors (Lipinski definition) is 2. The number of benzene rings is 1. The second kappa shape index (κ2) is 4.03. The molecule has 1 aliphatic heterocycles. The first-order valence-electron chi connectivity index (χ1n) is 5.05. The van der Waals surface area contributed by atoms with Crippen molar-refractivity contribution in [3.8, 4) is 0 Å². The standard InChI is InChI=1S/C12H14O3/c1-8-3-2-4-9(5-8)11(12(13)14)10-6-15-7-10/h2-5,10-11H,6-7H2,1H3,(H,13,14). The Bertz CT molecular complexity index is 369. The highest BCUT2D eigenvalue weighted by molar-refractivity contribution is 5.76. The summed E-state index contributed by atoms with van der Waals surface area (Å²) in [5.74, 6) is -1.04. The van der Waals surface area contributed by atoms with Crippen molar-refractivity contribution in [1.29, 1.82) is 0 Å². The molecule has 0 amide bonds. The van der Waals surface area contributed by atoms with Gasteiger partial charge >= 0.3 is 5.97 Å². The summed E-state index contributed by atoms with van der Waals surface area (Å²) in [6.45, 7) is 3.09. The average Bonchev–Trinajstić information content (AvgIpc) is 2.10. The van der Waals surface area contributed by atoms with E-state index >= 15 is 0 Å². The molecule has 1 unspecified atom stereocenters. The quantitative estimate of drug-likeness (QED) is 0.820. The Balaban J connectivity index is 2.27. The third kappa shape index (κ3) is 2.02. The first-order valence-corrected chi connectivity index (χ1v) is 5.05. The van der Waals surface area contributed by atoms with Crippen LogP contribution in [0.2, 0.25) is 0 Å². The van der Waals surface area contributed by atoms with Crippen LogP contribution in [0.25, 0.3) is 0 Å². The van der Waals surface area contributed by atoms with Gasteiger partial charge < -0.3 is 9.84 Å². The molecule has 1 aliphatic rings. The van der Waals surface area contributed by atoms with Gasteiger partial charge in [-0.15, -0.1) is 0 Å². The third-order valence-electron chi connectivity index (χ3n) is 2.80. The normalized spacial score (nSPS) is 18.2. The Kier molecular flexibility index (Phi) is 2.73. The molecule has 1 heterocycles. The van der Waals surface area contributed by atoms with E-state index in [4.69, 9.17) is 4.74 Å². The number of carbonyl (C=O) groups is 1. The Hall–Kier alpha value is -1.35. The summed E-state index contributed by atoms with van der Waals surface area (Å²) in [7, 11) is 0. The fraction of sp³-hybridized carbons (Fsp3) is 0.417. The van der Waals surface area contributed by atoms with E-state index in [-0.39, 0.29) is 5.92 Å². The van der Waals surface area contributed by atoms with Crippen LogP contribution < -0.4 is 0 Å². The fourth-order valence-electron chi connectivity index (χ4n) is 1.93. The van der Waals surface area contributed by atoms with Crippen molar-refractivity contribution in [2.24, 2.45) is 5.92 Å². The molecule has 15 heavy (non-hydrogen) atoms. The van der Waals surface area contributed by atoms with Crippen LogP contribution in [0.4, 0.5) is 0 Å². The van der Waals surface area contributed by atoms with Crippen LogP contribution in [0.3, 0.4) is 0 Å². The third-order valence-corrected chi connectivity index (χ3v) is 2.80. The van der Waals surface area contributed by atoms with Crippen molar-refractivity contribution >= 4 is 5.97 Å². The van der Waals surface area contributed by atoms with E-state index in [0.717, 1.165) is 11.1 Å². The number of rotatable bonds is 3. The van der Waals surface area contributed by atoms with Crippen LogP contribution >= 0.6 is 0 Å². The van der Waals surface area contributed by atoms with E-state index in [9.17, 15) is 9.90 Å². The maximum Gasteiger partial charge on any atom is 0.311 e. The highest BCUT2D eigenvalue weighted by Crippen LogP contribution is 2.30. The predicted molar refractivity (Wildman–Crippen MR) is 55.9 cm³/mol. The predicted octanol–water partition coefficient (Wildman–Crippen LogP) is 1.81. The maximum atomic E-state index is 11.2. The highest BCUT2D eigenvalue weighted by atomic mass is 16.5. The molecule has 2 rings (SSSR count). The van der Waals surface area contributed by atoms with Gasteiger partial charge in [-0.25, -0.2) is 0 Å². The van der Waals surface area contributed by atoms with Gasteiger partial charge in [-0.1, -0.05) is 29.8 Å². The number of hydrogen-bond donors (Lipinski definition) is 1. The van der Waals surface area contributed by atoms with Gasteiger partial charge in [0, 0.05) is 5.92 Å². The zero-order valence-electron chi connectivity index (χ0n) is 8.64. The van der Waals surface area contributed by atoms with Crippen LogP contribution in [0.15, 0.2) is 24.3 Å². The number of aliphatic carboxylic acids is 1. The van der Waals surface area contributed by atoms with E-state index < -0.39 is 11.9 Å². The Labute approximate surface area is 88.7 Å².